The van der Waals surface area contributed by atoms with Gasteiger partial charge in [0.1, 0.15) is 0 Å². The highest BCUT2D eigenvalue weighted by Gasteiger charge is 2.06. The first-order valence-electron chi connectivity index (χ1n) is 10.4. The molecule has 0 aliphatic carbocycles. The number of ether oxygens (including phenoxy) is 2. The summed E-state index contributed by atoms with van der Waals surface area (Å²) in [6.45, 7) is 2.92. The fourth-order valence-electron chi connectivity index (χ4n) is 2.94. The highest BCUT2D eigenvalue weighted by atomic mass is 16.5. The van der Waals surface area contributed by atoms with Crippen LogP contribution in [0.15, 0.2) is 53.6 Å². The zero-order valence-corrected chi connectivity index (χ0v) is 17.5. The standard InChI is InChI=1S/C24H32N2O3/c1-3-4-5-6-7-8-12-17-29-22-16-15-20(18-23(22)28-2)19-25-26-24(27)21-13-10-9-11-14-21/h9-11,13-16,18-19H,3-8,12,17H2,1-2H3,(H,26,27)/b25-19+. The summed E-state index contributed by atoms with van der Waals surface area (Å²) >= 11 is 0. The monoisotopic (exact) mass is 396 g/mol. The molecule has 0 spiro atoms. The molecule has 0 fully saturated rings. The van der Waals surface area contributed by atoms with Gasteiger partial charge in [-0.25, -0.2) is 5.43 Å². The largest absolute Gasteiger partial charge is 0.493 e. The molecule has 5 nitrogen and oxygen atoms in total. The van der Waals surface area contributed by atoms with Crippen LogP contribution >= 0.6 is 0 Å². The van der Waals surface area contributed by atoms with Crippen LogP contribution in [-0.2, 0) is 0 Å². The number of nitrogens with one attached hydrogen (secondary N) is 1. The summed E-state index contributed by atoms with van der Waals surface area (Å²) in [4.78, 5) is 12.0. The first kappa shape index (κ1) is 22.5. The van der Waals surface area contributed by atoms with Gasteiger partial charge in [-0.2, -0.15) is 5.10 Å². The van der Waals surface area contributed by atoms with E-state index in [0.29, 0.717) is 17.9 Å². The number of benzene rings is 2. The molecule has 0 saturated carbocycles. The molecule has 0 radical (unpaired) electrons. The molecule has 2 rings (SSSR count). The van der Waals surface area contributed by atoms with Crippen LogP contribution in [-0.4, -0.2) is 25.8 Å². The van der Waals surface area contributed by atoms with Crippen molar-refractivity contribution in [2.24, 2.45) is 5.10 Å². The van der Waals surface area contributed by atoms with Crippen molar-refractivity contribution in [2.45, 2.75) is 51.9 Å². The molecule has 0 heterocycles. The summed E-state index contributed by atoms with van der Waals surface area (Å²) in [5, 5.41) is 4.02. The van der Waals surface area contributed by atoms with Gasteiger partial charge in [-0.05, 0) is 42.3 Å². The quantitative estimate of drug-likeness (QED) is 0.273. The lowest BCUT2D eigenvalue weighted by Crippen LogP contribution is -2.17. The van der Waals surface area contributed by atoms with E-state index in [-0.39, 0.29) is 5.91 Å². The molecule has 2 aromatic carbocycles. The molecular formula is C24H32N2O3. The minimum absolute atomic E-state index is 0.247. The molecule has 0 aliphatic rings. The number of hydrogen-bond donors (Lipinski definition) is 1. The number of unbranched alkanes of at least 4 members (excludes halogenated alkanes) is 6. The van der Waals surface area contributed by atoms with E-state index in [4.69, 9.17) is 9.47 Å². The zero-order chi connectivity index (χ0) is 20.7. The maximum absolute atomic E-state index is 12.0. The van der Waals surface area contributed by atoms with E-state index in [1.807, 2.05) is 36.4 Å². The molecule has 29 heavy (non-hydrogen) atoms. The number of hydrogen-bond acceptors (Lipinski definition) is 4. The second-order valence-corrected chi connectivity index (χ2v) is 6.95. The molecule has 0 aromatic heterocycles. The number of rotatable bonds is 13. The first-order valence-corrected chi connectivity index (χ1v) is 10.4. The van der Waals surface area contributed by atoms with Crippen LogP contribution in [0.1, 0.15) is 67.8 Å². The highest BCUT2D eigenvalue weighted by molar-refractivity contribution is 5.94. The summed E-state index contributed by atoms with van der Waals surface area (Å²) in [6.07, 6.45) is 10.4. The maximum Gasteiger partial charge on any atom is 0.271 e. The molecule has 0 saturated heterocycles. The minimum Gasteiger partial charge on any atom is -0.493 e. The van der Waals surface area contributed by atoms with Gasteiger partial charge >= 0.3 is 0 Å². The number of carbonyl (C=O) groups excluding carboxylic acids is 1. The fourth-order valence-corrected chi connectivity index (χ4v) is 2.94. The van der Waals surface area contributed by atoms with Gasteiger partial charge in [-0.15, -0.1) is 0 Å². The molecule has 1 N–H and O–H groups in total. The van der Waals surface area contributed by atoms with E-state index in [0.717, 1.165) is 17.7 Å². The topological polar surface area (TPSA) is 59.9 Å². The zero-order valence-electron chi connectivity index (χ0n) is 17.5. The number of carbonyl (C=O) groups is 1. The van der Waals surface area contributed by atoms with Crippen molar-refractivity contribution in [2.75, 3.05) is 13.7 Å². The van der Waals surface area contributed by atoms with Gasteiger partial charge < -0.3 is 9.47 Å². The molecular weight excluding hydrogens is 364 g/mol. The SMILES string of the molecule is CCCCCCCCCOc1ccc(/C=N/NC(=O)c2ccccc2)cc1OC. The summed E-state index contributed by atoms with van der Waals surface area (Å²) in [5.41, 5.74) is 3.91. The van der Waals surface area contributed by atoms with Gasteiger partial charge in [-0.3, -0.25) is 4.79 Å². The van der Waals surface area contributed by atoms with Gasteiger partial charge in [0.25, 0.3) is 5.91 Å². The Morgan fingerprint density at radius 1 is 0.966 bits per heavy atom. The Hall–Kier alpha value is -2.82. The van der Waals surface area contributed by atoms with Crippen molar-refractivity contribution in [3.63, 3.8) is 0 Å². The Morgan fingerprint density at radius 3 is 2.41 bits per heavy atom. The Labute approximate surface area is 174 Å². The van der Waals surface area contributed by atoms with Crippen LogP contribution in [0.3, 0.4) is 0 Å². The summed E-state index contributed by atoms with van der Waals surface area (Å²) in [7, 11) is 1.62. The van der Waals surface area contributed by atoms with Gasteiger partial charge in [0.05, 0.1) is 19.9 Å². The average Bonchev–Trinajstić information content (AvgIpc) is 2.76. The van der Waals surface area contributed by atoms with Crippen molar-refractivity contribution in [1.29, 1.82) is 0 Å². The minimum atomic E-state index is -0.247. The van der Waals surface area contributed by atoms with Crippen molar-refractivity contribution in [1.82, 2.24) is 5.43 Å². The number of nitrogens with zero attached hydrogens (tertiary/aromatic N) is 1. The molecule has 156 valence electrons. The second kappa shape index (κ2) is 13.4. The van der Waals surface area contributed by atoms with Crippen molar-refractivity contribution < 1.29 is 14.3 Å². The van der Waals surface area contributed by atoms with Crippen LogP contribution in [0, 0.1) is 0 Å². The first-order chi connectivity index (χ1) is 14.2. The van der Waals surface area contributed by atoms with Gasteiger partial charge in [0.2, 0.25) is 0 Å². The molecule has 5 heteroatoms. The molecule has 0 aliphatic heterocycles. The van der Waals surface area contributed by atoms with E-state index in [2.05, 4.69) is 17.5 Å². The van der Waals surface area contributed by atoms with E-state index in [9.17, 15) is 4.79 Å². The van der Waals surface area contributed by atoms with E-state index >= 15 is 0 Å². The van der Waals surface area contributed by atoms with Gasteiger partial charge in [0.15, 0.2) is 11.5 Å². The van der Waals surface area contributed by atoms with Gasteiger partial charge in [-0.1, -0.05) is 63.6 Å². The Balaban J connectivity index is 1.78. The lowest BCUT2D eigenvalue weighted by molar-refractivity contribution is 0.0955. The molecule has 0 atom stereocenters. The predicted molar refractivity (Wildman–Crippen MR) is 118 cm³/mol. The lowest BCUT2D eigenvalue weighted by atomic mass is 10.1. The third-order valence-electron chi connectivity index (χ3n) is 4.61. The molecule has 0 bridgehead atoms. The van der Waals surface area contributed by atoms with Gasteiger partial charge in [0, 0.05) is 5.56 Å². The number of hydrazone groups is 1. The number of amides is 1. The Kier molecular flexibility index (Phi) is 10.4. The highest BCUT2D eigenvalue weighted by Crippen LogP contribution is 2.27. The van der Waals surface area contributed by atoms with Crippen LogP contribution in [0.4, 0.5) is 0 Å². The van der Waals surface area contributed by atoms with Crippen LogP contribution in [0.2, 0.25) is 0 Å². The van der Waals surface area contributed by atoms with E-state index in [1.54, 1.807) is 25.5 Å². The predicted octanol–water partition coefficient (Wildman–Crippen LogP) is 5.59. The maximum atomic E-state index is 12.0. The molecule has 0 unspecified atom stereocenters. The normalized spacial score (nSPS) is 10.8. The van der Waals surface area contributed by atoms with Crippen molar-refractivity contribution in [3.05, 3.63) is 59.7 Å². The summed E-state index contributed by atoms with van der Waals surface area (Å²) in [6, 6.07) is 14.6. The third-order valence-corrected chi connectivity index (χ3v) is 4.61. The fraction of sp³-hybridized carbons (Fsp3) is 0.417. The second-order valence-electron chi connectivity index (χ2n) is 6.95. The van der Waals surface area contributed by atoms with Crippen LogP contribution < -0.4 is 14.9 Å². The van der Waals surface area contributed by atoms with Crippen LogP contribution in [0.25, 0.3) is 0 Å². The Bertz CT molecular complexity index is 760. The van der Waals surface area contributed by atoms with E-state index < -0.39 is 0 Å². The van der Waals surface area contributed by atoms with Crippen molar-refractivity contribution >= 4 is 12.1 Å². The third kappa shape index (κ3) is 8.38. The van der Waals surface area contributed by atoms with Crippen molar-refractivity contribution in [3.8, 4) is 11.5 Å². The van der Waals surface area contributed by atoms with E-state index in [1.165, 1.54) is 38.5 Å². The smallest absolute Gasteiger partial charge is 0.271 e. The lowest BCUT2D eigenvalue weighted by Gasteiger charge is -2.11. The van der Waals surface area contributed by atoms with Crippen LogP contribution in [0.5, 0.6) is 11.5 Å². The Morgan fingerprint density at radius 2 is 1.69 bits per heavy atom. The molecule has 1 amide bonds. The average molecular weight is 397 g/mol. The summed E-state index contributed by atoms with van der Waals surface area (Å²) in [5.74, 6) is 1.14. The molecule has 2 aromatic rings. The number of methoxy groups -OCH3 is 1. The summed E-state index contributed by atoms with van der Waals surface area (Å²) < 4.78 is 11.3.